The third-order valence-corrected chi connectivity index (χ3v) is 4.82. The summed E-state index contributed by atoms with van der Waals surface area (Å²) in [6.07, 6.45) is 3.04. The van der Waals surface area contributed by atoms with Gasteiger partial charge in [-0.25, -0.2) is 4.79 Å². The zero-order valence-corrected chi connectivity index (χ0v) is 15.7. The van der Waals surface area contributed by atoms with Crippen LogP contribution in [0.4, 0.5) is 4.79 Å². The molecule has 2 rings (SSSR count). The first-order valence-corrected chi connectivity index (χ1v) is 9.20. The Bertz CT molecular complexity index is 447. The molecular formula is C18H33N3O3. The lowest BCUT2D eigenvalue weighted by molar-refractivity contribution is -0.128. The van der Waals surface area contributed by atoms with Crippen molar-refractivity contribution in [2.24, 2.45) is 5.92 Å². The lowest BCUT2D eigenvalue weighted by Crippen LogP contribution is -2.36. The van der Waals surface area contributed by atoms with Crippen molar-refractivity contribution in [1.29, 1.82) is 0 Å². The molecule has 2 saturated heterocycles. The molecule has 0 aromatic heterocycles. The molecule has 0 spiro atoms. The monoisotopic (exact) mass is 339 g/mol. The van der Waals surface area contributed by atoms with E-state index in [2.05, 4.69) is 4.90 Å². The Balaban J connectivity index is 1.70. The molecule has 0 N–H and O–H groups in total. The summed E-state index contributed by atoms with van der Waals surface area (Å²) in [4.78, 5) is 29.8. The summed E-state index contributed by atoms with van der Waals surface area (Å²) in [5, 5.41) is 0. The number of ether oxygens (including phenoxy) is 1. The van der Waals surface area contributed by atoms with Crippen molar-refractivity contribution < 1.29 is 14.3 Å². The van der Waals surface area contributed by atoms with E-state index in [0.717, 1.165) is 65.1 Å². The summed E-state index contributed by atoms with van der Waals surface area (Å²) in [5.41, 5.74) is -0.427. The molecule has 2 aliphatic rings. The van der Waals surface area contributed by atoms with E-state index in [9.17, 15) is 9.59 Å². The molecule has 0 aromatic carbocycles. The number of amides is 2. The molecule has 0 unspecified atom stereocenters. The Labute approximate surface area is 146 Å². The second-order valence-electron chi connectivity index (χ2n) is 8.07. The van der Waals surface area contributed by atoms with Crippen molar-refractivity contribution in [2.75, 3.05) is 45.8 Å². The van der Waals surface area contributed by atoms with E-state index in [1.54, 1.807) is 6.92 Å². The molecule has 2 heterocycles. The zero-order chi connectivity index (χ0) is 17.7. The van der Waals surface area contributed by atoms with Crippen LogP contribution in [0.5, 0.6) is 0 Å². The highest BCUT2D eigenvalue weighted by atomic mass is 16.6. The largest absolute Gasteiger partial charge is 0.444 e. The number of hydrogen-bond donors (Lipinski definition) is 0. The zero-order valence-electron chi connectivity index (χ0n) is 15.7. The fourth-order valence-electron chi connectivity index (χ4n) is 3.44. The van der Waals surface area contributed by atoms with Crippen molar-refractivity contribution in [2.45, 2.75) is 52.6 Å². The first-order chi connectivity index (χ1) is 11.2. The van der Waals surface area contributed by atoms with Gasteiger partial charge >= 0.3 is 6.09 Å². The van der Waals surface area contributed by atoms with Gasteiger partial charge in [-0.2, -0.15) is 0 Å². The van der Waals surface area contributed by atoms with Gasteiger partial charge < -0.3 is 19.4 Å². The number of likely N-dealkylation sites (tertiary alicyclic amines) is 1. The van der Waals surface area contributed by atoms with E-state index in [-0.39, 0.29) is 12.0 Å². The highest BCUT2D eigenvalue weighted by Crippen LogP contribution is 2.22. The Morgan fingerprint density at radius 2 is 1.79 bits per heavy atom. The number of nitrogens with zero attached hydrogens (tertiary/aromatic N) is 3. The van der Waals surface area contributed by atoms with Gasteiger partial charge in [0.1, 0.15) is 5.60 Å². The van der Waals surface area contributed by atoms with Gasteiger partial charge in [0.2, 0.25) is 5.91 Å². The number of carbonyl (C=O) groups is 2. The van der Waals surface area contributed by atoms with Gasteiger partial charge in [0, 0.05) is 39.6 Å². The first-order valence-electron chi connectivity index (χ1n) is 9.20. The summed E-state index contributed by atoms with van der Waals surface area (Å²) in [7, 11) is 0. The smallest absolute Gasteiger partial charge is 0.410 e. The number of rotatable bonds is 3. The topological polar surface area (TPSA) is 53.1 Å². The molecule has 0 aliphatic carbocycles. The highest BCUT2D eigenvalue weighted by molar-refractivity contribution is 5.73. The normalized spacial score (nSPS) is 23.2. The second-order valence-corrected chi connectivity index (χ2v) is 8.07. The van der Waals surface area contributed by atoms with E-state index in [0.29, 0.717) is 5.92 Å². The van der Waals surface area contributed by atoms with Crippen LogP contribution in [0, 0.1) is 5.92 Å². The molecule has 138 valence electrons. The van der Waals surface area contributed by atoms with Crippen LogP contribution in [-0.4, -0.2) is 78.1 Å². The van der Waals surface area contributed by atoms with Crippen molar-refractivity contribution in [3.8, 4) is 0 Å². The quantitative estimate of drug-likeness (QED) is 0.791. The fourth-order valence-corrected chi connectivity index (χ4v) is 3.44. The summed E-state index contributed by atoms with van der Waals surface area (Å²) in [6, 6.07) is 0. The molecule has 0 bridgehead atoms. The van der Waals surface area contributed by atoms with E-state index in [4.69, 9.17) is 4.74 Å². The minimum absolute atomic E-state index is 0.181. The van der Waals surface area contributed by atoms with Gasteiger partial charge in [-0.15, -0.1) is 0 Å². The lowest BCUT2D eigenvalue weighted by Gasteiger charge is -2.25. The maximum Gasteiger partial charge on any atom is 0.410 e. The van der Waals surface area contributed by atoms with Crippen molar-refractivity contribution >= 4 is 12.0 Å². The molecule has 0 aromatic rings. The van der Waals surface area contributed by atoms with Gasteiger partial charge in [-0.05, 0) is 59.0 Å². The standard InChI is InChI=1S/C18H33N3O3/c1-15(22)20-9-5-8-19(12-13-20)10-6-16-7-11-21(14-16)17(23)24-18(2,3)4/h16H,5-14H2,1-4H3/t16-/m0/s1. The van der Waals surface area contributed by atoms with Crippen LogP contribution in [0.15, 0.2) is 0 Å². The van der Waals surface area contributed by atoms with E-state index in [1.165, 1.54) is 0 Å². The van der Waals surface area contributed by atoms with Crippen LogP contribution in [0.25, 0.3) is 0 Å². The Morgan fingerprint density at radius 3 is 2.46 bits per heavy atom. The lowest BCUT2D eigenvalue weighted by atomic mass is 10.0. The number of hydrogen-bond acceptors (Lipinski definition) is 4. The molecule has 24 heavy (non-hydrogen) atoms. The van der Waals surface area contributed by atoms with Crippen LogP contribution >= 0.6 is 0 Å². The molecule has 0 saturated carbocycles. The van der Waals surface area contributed by atoms with E-state index in [1.807, 2.05) is 30.6 Å². The predicted octanol–water partition coefficient (Wildman–Crippen LogP) is 2.19. The number of carbonyl (C=O) groups excluding carboxylic acids is 2. The molecule has 0 radical (unpaired) electrons. The predicted molar refractivity (Wildman–Crippen MR) is 93.8 cm³/mol. The molecule has 2 aliphatic heterocycles. The minimum Gasteiger partial charge on any atom is -0.444 e. The fraction of sp³-hybridized carbons (Fsp3) is 0.889. The van der Waals surface area contributed by atoms with Gasteiger partial charge in [0.25, 0.3) is 0 Å². The van der Waals surface area contributed by atoms with Gasteiger partial charge in [0.15, 0.2) is 0 Å². The molecule has 1 atom stereocenters. The van der Waals surface area contributed by atoms with E-state index >= 15 is 0 Å². The molecule has 2 amide bonds. The Morgan fingerprint density at radius 1 is 1.04 bits per heavy atom. The highest BCUT2D eigenvalue weighted by Gasteiger charge is 2.30. The SMILES string of the molecule is CC(=O)N1CCCN(CC[C@H]2CCN(C(=O)OC(C)(C)C)C2)CC1. The van der Waals surface area contributed by atoms with Crippen LogP contribution in [0.3, 0.4) is 0 Å². The van der Waals surface area contributed by atoms with Crippen molar-refractivity contribution in [1.82, 2.24) is 14.7 Å². The van der Waals surface area contributed by atoms with Crippen molar-refractivity contribution in [3.63, 3.8) is 0 Å². The molecule has 6 nitrogen and oxygen atoms in total. The molecular weight excluding hydrogens is 306 g/mol. The van der Waals surface area contributed by atoms with Crippen LogP contribution in [-0.2, 0) is 9.53 Å². The Kier molecular flexibility index (Phi) is 6.49. The second kappa shape index (κ2) is 8.19. The molecule has 2 fully saturated rings. The minimum atomic E-state index is -0.427. The third kappa shape index (κ3) is 5.96. The third-order valence-electron chi connectivity index (χ3n) is 4.82. The van der Waals surface area contributed by atoms with Gasteiger partial charge in [0.05, 0.1) is 0 Å². The average Bonchev–Trinajstić information content (AvgIpc) is 2.81. The van der Waals surface area contributed by atoms with Crippen LogP contribution in [0.1, 0.15) is 47.0 Å². The summed E-state index contributed by atoms with van der Waals surface area (Å²) >= 11 is 0. The maximum atomic E-state index is 12.1. The van der Waals surface area contributed by atoms with E-state index < -0.39 is 5.60 Å². The van der Waals surface area contributed by atoms with Gasteiger partial charge in [-0.1, -0.05) is 0 Å². The summed E-state index contributed by atoms with van der Waals surface area (Å²) in [6.45, 7) is 13.8. The summed E-state index contributed by atoms with van der Waals surface area (Å²) < 4.78 is 5.45. The van der Waals surface area contributed by atoms with Crippen molar-refractivity contribution in [3.05, 3.63) is 0 Å². The maximum absolute atomic E-state index is 12.1. The van der Waals surface area contributed by atoms with Gasteiger partial charge in [-0.3, -0.25) is 4.79 Å². The Hall–Kier alpha value is -1.30. The van der Waals surface area contributed by atoms with Crippen LogP contribution < -0.4 is 0 Å². The average molecular weight is 339 g/mol. The first kappa shape index (κ1) is 19.0. The van der Waals surface area contributed by atoms with Crippen LogP contribution in [0.2, 0.25) is 0 Å². The summed E-state index contributed by atoms with van der Waals surface area (Å²) in [5.74, 6) is 0.741. The molecule has 6 heteroatoms.